The van der Waals surface area contributed by atoms with E-state index in [9.17, 15) is 14.4 Å². The van der Waals surface area contributed by atoms with Gasteiger partial charge in [-0.15, -0.1) is 0 Å². The number of esters is 3. The van der Waals surface area contributed by atoms with Crippen molar-refractivity contribution < 1.29 is 28.6 Å². The first kappa shape index (κ1) is 70.1. The Hall–Kier alpha value is -1.85. The second-order valence-corrected chi connectivity index (χ2v) is 22.4. The fourth-order valence-corrected chi connectivity index (χ4v) is 10.1. The Morgan fingerprint density at radius 2 is 0.458 bits per heavy atom. The van der Waals surface area contributed by atoms with E-state index >= 15 is 0 Å². The van der Waals surface area contributed by atoms with Crippen molar-refractivity contribution in [3.63, 3.8) is 0 Å². The molecule has 1 atom stereocenters. The molecule has 6 heteroatoms. The van der Waals surface area contributed by atoms with E-state index in [1.165, 1.54) is 270 Å². The van der Waals surface area contributed by atoms with E-state index in [2.05, 4.69) is 32.9 Å². The predicted octanol–water partition coefficient (Wildman–Crippen LogP) is 22.1. The molecular weight excluding hydrogens is 889 g/mol. The van der Waals surface area contributed by atoms with Gasteiger partial charge in [0, 0.05) is 19.3 Å². The van der Waals surface area contributed by atoms with Crippen LogP contribution in [0.1, 0.15) is 374 Å². The lowest BCUT2D eigenvalue weighted by molar-refractivity contribution is -0.167. The molecule has 0 aliphatic carbocycles. The van der Waals surface area contributed by atoms with Gasteiger partial charge in [0.15, 0.2) is 6.10 Å². The van der Waals surface area contributed by atoms with Gasteiger partial charge in [-0.3, -0.25) is 14.4 Å². The van der Waals surface area contributed by atoms with Crippen molar-refractivity contribution in [1.82, 2.24) is 0 Å². The van der Waals surface area contributed by atoms with Crippen LogP contribution in [-0.2, 0) is 28.6 Å². The molecule has 0 aromatic rings. The molecule has 0 spiro atoms. The molecule has 0 bridgehead atoms. The largest absolute Gasteiger partial charge is 0.462 e. The lowest BCUT2D eigenvalue weighted by atomic mass is 10.0. The van der Waals surface area contributed by atoms with Crippen molar-refractivity contribution in [2.24, 2.45) is 0 Å². The van der Waals surface area contributed by atoms with Crippen molar-refractivity contribution in [3.8, 4) is 0 Å². The quantitative estimate of drug-likeness (QED) is 0.0261. The van der Waals surface area contributed by atoms with E-state index < -0.39 is 6.10 Å². The van der Waals surface area contributed by atoms with Gasteiger partial charge >= 0.3 is 17.9 Å². The van der Waals surface area contributed by atoms with Gasteiger partial charge < -0.3 is 14.2 Å². The van der Waals surface area contributed by atoms with E-state index in [0.29, 0.717) is 19.3 Å². The van der Waals surface area contributed by atoms with Crippen molar-refractivity contribution >= 4 is 17.9 Å². The summed E-state index contributed by atoms with van der Waals surface area (Å²) in [7, 11) is 0. The number of carbonyl (C=O) groups is 3. The van der Waals surface area contributed by atoms with E-state index in [1.807, 2.05) is 0 Å². The van der Waals surface area contributed by atoms with Gasteiger partial charge in [0.25, 0.3) is 0 Å². The number of carbonyl (C=O) groups excluding carboxylic acids is 3. The number of ether oxygens (including phenoxy) is 3. The summed E-state index contributed by atoms with van der Waals surface area (Å²) in [5, 5.41) is 0. The van der Waals surface area contributed by atoms with Crippen LogP contribution < -0.4 is 0 Å². The molecule has 0 saturated heterocycles. The summed E-state index contributed by atoms with van der Waals surface area (Å²) in [6, 6.07) is 0. The van der Waals surface area contributed by atoms with Crippen molar-refractivity contribution in [3.05, 3.63) is 12.2 Å². The first-order valence-electron chi connectivity index (χ1n) is 32.7. The van der Waals surface area contributed by atoms with Gasteiger partial charge in [-0.1, -0.05) is 322 Å². The second-order valence-electron chi connectivity index (χ2n) is 22.4. The highest BCUT2D eigenvalue weighted by Gasteiger charge is 2.19. The molecule has 0 radical (unpaired) electrons. The maximum atomic E-state index is 12.8. The number of hydrogen-bond acceptors (Lipinski definition) is 6. The second kappa shape index (κ2) is 61.7. The zero-order valence-electron chi connectivity index (χ0n) is 49.0. The molecule has 0 heterocycles. The lowest BCUT2D eigenvalue weighted by Gasteiger charge is -2.18. The van der Waals surface area contributed by atoms with Gasteiger partial charge in [0.05, 0.1) is 0 Å². The summed E-state index contributed by atoms with van der Waals surface area (Å²) >= 11 is 0. The third-order valence-corrected chi connectivity index (χ3v) is 15.0. The van der Waals surface area contributed by atoms with Crippen LogP contribution in [0.3, 0.4) is 0 Å². The first-order valence-corrected chi connectivity index (χ1v) is 32.7. The van der Waals surface area contributed by atoms with Gasteiger partial charge in [0.1, 0.15) is 13.2 Å². The summed E-state index contributed by atoms with van der Waals surface area (Å²) in [5.74, 6) is -0.850. The van der Waals surface area contributed by atoms with Crippen LogP contribution in [0, 0.1) is 0 Å². The maximum absolute atomic E-state index is 12.8. The Kier molecular flexibility index (Phi) is 60.1. The molecule has 0 aliphatic rings. The molecule has 6 nitrogen and oxygen atoms in total. The minimum atomic E-state index is -0.769. The predicted molar refractivity (Wildman–Crippen MR) is 312 cm³/mol. The molecule has 0 N–H and O–H groups in total. The van der Waals surface area contributed by atoms with Crippen LogP contribution in [-0.4, -0.2) is 37.2 Å². The highest BCUT2D eigenvalue weighted by Crippen LogP contribution is 2.18. The standard InChI is InChI=1S/C66H126O6/c1-4-7-10-13-16-19-22-25-26-27-28-29-30-31-32-33-34-35-36-37-38-39-40-42-44-47-50-53-56-59-65(68)71-62-63(61-70-64(67)58-55-52-49-46-43-24-21-18-15-12-9-6-3)72-66(69)60-57-54-51-48-45-41-23-20-17-14-11-8-5-2/h20,23,63H,4-19,21-22,24-62H2,1-3H3/b23-20-. The van der Waals surface area contributed by atoms with Crippen molar-refractivity contribution in [2.75, 3.05) is 13.2 Å². The molecule has 0 saturated carbocycles. The Morgan fingerprint density at radius 1 is 0.264 bits per heavy atom. The third-order valence-electron chi connectivity index (χ3n) is 15.0. The summed E-state index contributed by atoms with van der Waals surface area (Å²) in [4.78, 5) is 38.2. The molecule has 0 amide bonds. The number of hydrogen-bond donors (Lipinski definition) is 0. The minimum Gasteiger partial charge on any atom is -0.462 e. The third kappa shape index (κ3) is 59.0. The summed E-state index contributed by atoms with van der Waals surface area (Å²) in [6.07, 6.45) is 72.4. The Labute approximate surface area is 450 Å². The molecule has 72 heavy (non-hydrogen) atoms. The zero-order chi connectivity index (χ0) is 52.2. The zero-order valence-corrected chi connectivity index (χ0v) is 49.0. The monoisotopic (exact) mass is 1010 g/mol. The first-order chi connectivity index (χ1) is 35.5. The fourth-order valence-electron chi connectivity index (χ4n) is 10.1. The maximum Gasteiger partial charge on any atom is 0.306 e. The summed E-state index contributed by atoms with van der Waals surface area (Å²) in [5.41, 5.74) is 0. The summed E-state index contributed by atoms with van der Waals surface area (Å²) in [6.45, 7) is 6.68. The summed E-state index contributed by atoms with van der Waals surface area (Å²) < 4.78 is 16.9. The molecule has 0 fully saturated rings. The lowest BCUT2D eigenvalue weighted by Crippen LogP contribution is -2.30. The van der Waals surface area contributed by atoms with Crippen molar-refractivity contribution in [2.45, 2.75) is 380 Å². The number of unbranched alkanes of at least 4 members (excludes halogenated alkanes) is 48. The average Bonchev–Trinajstić information content (AvgIpc) is 3.38. The highest BCUT2D eigenvalue weighted by atomic mass is 16.6. The minimum absolute atomic E-state index is 0.0673. The molecule has 0 aliphatic heterocycles. The van der Waals surface area contributed by atoms with Crippen LogP contribution in [0.5, 0.6) is 0 Å². The Balaban J connectivity index is 4.08. The van der Waals surface area contributed by atoms with Crippen molar-refractivity contribution in [1.29, 1.82) is 0 Å². The number of rotatable bonds is 61. The molecule has 0 rings (SSSR count). The SMILES string of the molecule is CCCCCC/C=C\CCCCCCCC(=O)OC(COC(=O)CCCCCCCCCCCCCC)COC(=O)CCCCCCCCCCCCCCCCCCCCCCCCCCCCCCC. The van der Waals surface area contributed by atoms with E-state index in [4.69, 9.17) is 14.2 Å². The topological polar surface area (TPSA) is 78.9 Å². The van der Waals surface area contributed by atoms with E-state index in [-0.39, 0.29) is 31.1 Å². The van der Waals surface area contributed by atoms with Gasteiger partial charge in [-0.05, 0) is 44.9 Å². The van der Waals surface area contributed by atoms with E-state index in [1.54, 1.807) is 0 Å². The Morgan fingerprint density at radius 3 is 0.708 bits per heavy atom. The van der Waals surface area contributed by atoms with Crippen LogP contribution in [0.4, 0.5) is 0 Å². The number of allylic oxidation sites excluding steroid dienone is 2. The molecular formula is C66H126O6. The van der Waals surface area contributed by atoms with Crippen LogP contribution in [0.2, 0.25) is 0 Å². The Bertz CT molecular complexity index is 1120. The van der Waals surface area contributed by atoms with Crippen LogP contribution in [0.25, 0.3) is 0 Å². The van der Waals surface area contributed by atoms with Gasteiger partial charge in [-0.2, -0.15) is 0 Å². The normalized spacial score (nSPS) is 12.0. The van der Waals surface area contributed by atoms with Crippen LogP contribution in [0.15, 0.2) is 12.2 Å². The molecule has 1 unspecified atom stereocenters. The smallest absolute Gasteiger partial charge is 0.306 e. The molecule has 0 aromatic carbocycles. The van der Waals surface area contributed by atoms with Gasteiger partial charge in [0.2, 0.25) is 0 Å². The molecule has 426 valence electrons. The van der Waals surface area contributed by atoms with Gasteiger partial charge in [-0.25, -0.2) is 0 Å². The van der Waals surface area contributed by atoms with E-state index in [0.717, 1.165) is 64.2 Å². The molecule has 0 aromatic heterocycles. The highest BCUT2D eigenvalue weighted by molar-refractivity contribution is 5.71. The fraction of sp³-hybridized carbons (Fsp3) is 0.924. The average molecular weight is 1020 g/mol. The van der Waals surface area contributed by atoms with Crippen LogP contribution >= 0.6 is 0 Å².